The molecule has 0 saturated heterocycles. The lowest BCUT2D eigenvalue weighted by Gasteiger charge is -2.05. The van der Waals surface area contributed by atoms with Crippen molar-refractivity contribution < 1.29 is 12.8 Å². The van der Waals surface area contributed by atoms with Crippen LogP contribution in [0, 0.1) is 0 Å². The largest absolute Gasteiger partial charge is 0.458 e. The summed E-state index contributed by atoms with van der Waals surface area (Å²) in [6, 6.07) is 17.8. The van der Waals surface area contributed by atoms with Gasteiger partial charge in [0.15, 0.2) is 0 Å². The number of hydrogen-bond acceptors (Lipinski definition) is 3. The highest BCUT2D eigenvalue weighted by Crippen LogP contribution is 2.35. The molecule has 108 valence electrons. The molecule has 0 spiro atoms. The number of furan rings is 1. The van der Waals surface area contributed by atoms with Crippen molar-refractivity contribution >= 4 is 26.6 Å². The summed E-state index contributed by atoms with van der Waals surface area (Å²) in [6.45, 7) is 0.137. The molecule has 0 bridgehead atoms. The fourth-order valence-corrected chi connectivity index (χ4v) is 2.65. The van der Waals surface area contributed by atoms with Crippen LogP contribution in [0.3, 0.4) is 0 Å². The Morgan fingerprint density at radius 1 is 1.10 bits per heavy atom. The van der Waals surface area contributed by atoms with Crippen molar-refractivity contribution in [2.75, 3.05) is 6.26 Å². The molecule has 1 heterocycles. The van der Waals surface area contributed by atoms with Gasteiger partial charge in [0, 0.05) is 17.2 Å². The topological polar surface area (TPSA) is 39.4 Å². The highest BCUT2D eigenvalue weighted by Gasteiger charge is 2.16. The first kappa shape index (κ1) is 13.9. The first-order valence-electron chi connectivity index (χ1n) is 6.57. The lowest BCUT2D eigenvalue weighted by molar-refractivity contribution is 0.302. The molecule has 0 N–H and O–H groups in total. The van der Waals surface area contributed by atoms with Gasteiger partial charge in [-0.1, -0.05) is 48.5 Å². The van der Waals surface area contributed by atoms with Gasteiger partial charge in [-0.05, 0) is 17.5 Å². The Labute approximate surface area is 124 Å². The van der Waals surface area contributed by atoms with Crippen LogP contribution in [0.4, 0.5) is 0 Å². The molecule has 3 rings (SSSR count). The van der Waals surface area contributed by atoms with Crippen LogP contribution in [0.25, 0.3) is 22.1 Å². The Balaban J connectivity index is 2.15. The average molecular weight is 300 g/mol. The zero-order valence-corrected chi connectivity index (χ0v) is 12.6. The van der Waals surface area contributed by atoms with Gasteiger partial charge in [0.2, 0.25) is 0 Å². The second kappa shape index (κ2) is 5.39. The minimum atomic E-state index is -2.52. The van der Waals surface area contributed by atoms with E-state index >= 15 is 0 Å². The van der Waals surface area contributed by atoms with Gasteiger partial charge in [-0.3, -0.25) is 4.18 Å². The fraction of sp³-hybridized carbons (Fsp3) is 0.118. The second-order valence-electron chi connectivity index (χ2n) is 4.95. The van der Waals surface area contributed by atoms with Crippen molar-refractivity contribution in [3.8, 4) is 11.1 Å². The first-order chi connectivity index (χ1) is 10.0. The van der Waals surface area contributed by atoms with Crippen LogP contribution >= 0.6 is 0 Å². The molecule has 1 aromatic heterocycles. The second-order valence-corrected chi connectivity index (χ2v) is 7.04. The van der Waals surface area contributed by atoms with Crippen molar-refractivity contribution in [1.29, 1.82) is 0 Å². The predicted octanol–water partition coefficient (Wildman–Crippen LogP) is 3.88. The zero-order valence-electron chi connectivity index (χ0n) is 11.7. The minimum Gasteiger partial charge on any atom is -0.458 e. The van der Waals surface area contributed by atoms with Gasteiger partial charge in [-0.2, -0.15) is 0 Å². The molecular weight excluding hydrogens is 284 g/mol. The summed E-state index contributed by atoms with van der Waals surface area (Å²) >= 11 is 0. The third-order valence-electron chi connectivity index (χ3n) is 3.17. The van der Waals surface area contributed by atoms with Gasteiger partial charge in [-0.25, -0.2) is 4.21 Å². The molecular formula is C17H16O3S. The SMILES string of the molecule is C=S(C)(=O)OCc1oc2ccccc2c1-c1ccccc1. The maximum absolute atomic E-state index is 11.6. The lowest BCUT2D eigenvalue weighted by Crippen LogP contribution is -2.02. The van der Waals surface area contributed by atoms with Crippen LogP contribution in [0.15, 0.2) is 59.0 Å². The van der Waals surface area contributed by atoms with Crippen molar-refractivity contribution in [2.45, 2.75) is 6.61 Å². The Morgan fingerprint density at radius 2 is 1.76 bits per heavy atom. The van der Waals surface area contributed by atoms with Crippen LogP contribution in [0.2, 0.25) is 0 Å². The molecule has 0 fully saturated rings. The van der Waals surface area contributed by atoms with Crippen molar-refractivity contribution in [3.63, 3.8) is 0 Å². The van der Waals surface area contributed by atoms with E-state index in [0.717, 1.165) is 22.1 Å². The van der Waals surface area contributed by atoms with Crippen LogP contribution < -0.4 is 0 Å². The van der Waals surface area contributed by atoms with Crippen molar-refractivity contribution in [3.05, 3.63) is 60.4 Å². The van der Waals surface area contributed by atoms with E-state index in [2.05, 4.69) is 5.87 Å². The van der Waals surface area contributed by atoms with E-state index in [9.17, 15) is 4.21 Å². The van der Waals surface area contributed by atoms with Crippen LogP contribution in [0.1, 0.15) is 5.76 Å². The summed E-state index contributed by atoms with van der Waals surface area (Å²) in [5.41, 5.74) is 2.82. The number of hydrogen-bond donors (Lipinski definition) is 0. The molecule has 0 aliphatic heterocycles. The summed E-state index contributed by atoms with van der Waals surface area (Å²) in [5.74, 6) is 4.17. The monoisotopic (exact) mass is 300 g/mol. The summed E-state index contributed by atoms with van der Waals surface area (Å²) in [5, 5.41) is 1.02. The molecule has 3 nitrogen and oxygen atoms in total. The smallest absolute Gasteiger partial charge is 0.140 e. The molecule has 0 saturated carbocycles. The Hall–Kier alpha value is -2.04. The van der Waals surface area contributed by atoms with Gasteiger partial charge in [-0.15, -0.1) is 0 Å². The molecule has 1 atom stereocenters. The van der Waals surface area contributed by atoms with Crippen molar-refractivity contribution in [2.24, 2.45) is 0 Å². The normalized spacial score (nSPS) is 14.1. The third kappa shape index (κ3) is 3.01. The molecule has 1 unspecified atom stereocenters. The molecule has 0 aliphatic carbocycles. The Bertz CT molecular complexity index is 861. The molecule has 4 heteroatoms. The average Bonchev–Trinajstić information content (AvgIpc) is 2.84. The van der Waals surface area contributed by atoms with E-state index in [-0.39, 0.29) is 6.61 Å². The predicted molar refractivity (Wildman–Crippen MR) is 87.6 cm³/mol. The van der Waals surface area contributed by atoms with Gasteiger partial charge in [0.25, 0.3) is 0 Å². The third-order valence-corrected chi connectivity index (χ3v) is 3.79. The molecule has 21 heavy (non-hydrogen) atoms. The summed E-state index contributed by atoms with van der Waals surface area (Å²) in [6.07, 6.45) is 1.47. The standard InChI is InChI=1S/C17H16O3S/c1-21(2,18)19-12-16-17(13-8-4-3-5-9-13)14-10-6-7-11-15(14)20-16/h3-11H,1,12H2,2H3. The van der Waals surface area contributed by atoms with E-state index in [1.807, 2.05) is 54.6 Å². The van der Waals surface area contributed by atoms with Crippen LogP contribution in [0.5, 0.6) is 0 Å². The minimum absolute atomic E-state index is 0.137. The van der Waals surface area contributed by atoms with Gasteiger partial charge >= 0.3 is 0 Å². The van der Waals surface area contributed by atoms with E-state index in [1.165, 1.54) is 6.26 Å². The van der Waals surface area contributed by atoms with E-state index in [1.54, 1.807) is 0 Å². The number of benzene rings is 2. The van der Waals surface area contributed by atoms with E-state index in [4.69, 9.17) is 8.60 Å². The zero-order chi connectivity index (χ0) is 14.9. The Kier molecular flexibility index (Phi) is 3.57. The number of rotatable bonds is 4. The van der Waals surface area contributed by atoms with Crippen molar-refractivity contribution in [1.82, 2.24) is 0 Å². The highest BCUT2D eigenvalue weighted by molar-refractivity contribution is 7.95. The molecule has 0 radical (unpaired) electrons. The fourth-order valence-electron chi connectivity index (χ4n) is 2.30. The van der Waals surface area contributed by atoms with E-state index < -0.39 is 9.80 Å². The number of para-hydroxylation sites is 1. The summed E-state index contributed by atoms with van der Waals surface area (Å²) in [4.78, 5) is 0. The van der Waals surface area contributed by atoms with E-state index in [0.29, 0.717) is 5.76 Å². The van der Waals surface area contributed by atoms with Crippen LogP contribution in [-0.2, 0) is 20.6 Å². The summed E-state index contributed by atoms with van der Waals surface area (Å²) < 4.78 is 22.8. The maximum atomic E-state index is 11.6. The van der Waals surface area contributed by atoms with Gasteiger partial charge < -0.3 is 4.42 Å². The first-order valence-corrected chi connectivity index (χ1v) is 8.63. The lowest BCUT2D eigenvalue weighted by atomic mass is 10.0. The summed E-state index contributed by atoms with van der Waals surface area (Å²) in [7, 11) is -2.52. The quantitative estimate of drug-likeness (QED) is 0.686. The van der Waals surface area contributed by atoms with Gasteiger partial charge in [0.05, 0.1) is 9.80 Å². The molecule has 0 amide bonds. The highest BCUT2D eigenvalue weighted by atomic mass is 32.2. The molecule has 3 aromatic rings. The Morgan fingerprint density at radius 3 is 2.48 bits per heavy atom. The van der Waals surface area contributed by atoms with Gasteiger partial charge in [0.1, 0.15) is 18.0 Å². The maximum Gasteiger partial charge on any atom is 0.140 e. The molecule has 2 aromatic carbocycles. The number of fused-ring (bicyclic) bond motifs is 1. The van der Waals surface area contributed by atoms with Crippen LogP contribution in [-0.4, -0.2) is 16.3 Å². The molecule has 0 aliphatic rings.